The van der Waals surface area contributed by atoms with Crippen molar-refractivity contribution in [3.05, 3.63) is 38.8 Å². The maximum absolute atomic E-state index is 9.77. The molecule has 0 amide bonds. The third kappa shape index (κ3) is 3.01. The van der Waals surface area contributed by atoms with Gasteiger partial charge in [0.1, 0.15) is 5.75 Å². The van der Waals surface area contributed by atoms with Crippen LogP contribution >= 0.6 is 11.3 Å². The molecule has 0 bridgehead atoms. The zero-order valence-corrected chi connectivity index (χ0v) is 12.6. The van der Waals surface area contributed by atoms with E-state index in [1.54, 1.807) is 11.3 Å². The number of hydrogen-bond acceptors (Lipinski definition) is 3. The highest BCUT2D eigenvalue weighted by molar-refractivity contribution is 7.11. The minimum atomic E-state index is 0.384. The molecule has 4 heteroatoms. The lowest BCUT2D eigenvalue weighted by molar-refractivity contribution is -0.747. The van der Waals surface area contributed by atoms with Crippen molar-refractivity contribution in [1.82, 2.24) is 5.10 Å². The molecule has 0 aliphatic rings. The largest absolute Gasteiger partial charge is 0.507 e. The molecule has 0 saturated heterocycles. The summed E-state index contributed by atoms with van der Waals surface area (Å²) in [7, 11) is 0. The van der Waals surface area contributed by atoms with Gasteiger partial charge >= 0.3 is 0 Å². The third-order valence-corrected chi connectivity index (χ3v) is 3.93. The van der Waals surface area contributed by atoms with Gasteiger partial charge in [0.15, 0.2) is 11.6 Å². The second-order valence-corrected chi connectivity index (χ2v) is 5.82. The van der Waals surface area contributed by atoms with E-state index in [1.165, 1.54) is 0 Å². The van der Waals surface area contributed by atoms with Crippen molar-refractivity contribution in [1.29, 1.82) is 0 Å². The van der Waals surface area contributed by atoms with Gasteiger partial charge in [-0.3, -0.25) is 0 Å². The van der Waals surface area contributed by atoms with Crippen LogP contribution < -0.4 is 4.68 Å². The van der Waals surface area contributed by atoms with E-state index in [-0.39, 0.29) is 0 Å². The second-order valence-electron chi connectivity index (χ2n) is 4.61. The van der Waals surface area contributed by atoms with Crippen molar-refractivity contribution in [3.63, 3.8) is 0 Å². The standard InChI is InChI=1S/C15H18N2OS/c1-5-17-14(19-12(4)16-17)7-6-13-8-10(2)15(18)11(3)9-13/h6-9H,5H2,1-4H3/p+1. The lowest BCUT2D eigenvalue weighted by atomic mass is 10.1. The Morgan fingerprint density at radius 1 is 1.21 bits per heavy atom. The summed E-state index contributed by atoms with van der Waals surface area (Å²) in [6.07, 6.45) is 4.15. The van der Waals surface area contributed by atoms with E-state index in [0.29, 0.717) is 5.75 Å². The highest BCUT2D eigenvalue weighted by atomic mass is 32.1. The molecule has 0 radical (unpaired) electrons. The quantitative estimate of drug-likeness (QED) is 0.873. The molecule has 0 aliphatic heterocycles. The van der Waals surface area contributed by atoms with E-state index < -0.39 is 0 Å². The van der Waals surface area contributed by atoms with E-state index in [2.05, 4.69) is 24.2 Å². The first-order valence-corrected chi connectivity index (χ1v) is 7.18. The molecule has 1 aromatic heterocycles. The van der Waals surface area contributed by atoms with E-state index >= 15 is 0 Å². The number of rotatable bonds is 3. The predicted octanol–water partition coefficient (Wildman–Crippen LogP) is 3.25. The average molecular weight is 275 g/mol. The van der Waals surface area contributed by atoms with Crippen molar-refractivity contribution in [2.75, 3.05) is 0 Å². The highest BCUT2D eigenvalue weighted by Gasteiger charge is 2.12. The summed E-state index contributed by atoms with van der Waals surface area (Å²) < 4.78 is 2.00. The zero-order valence-electron chi connectivity index (χ0n) is 11.8. The summed E-state index contributed by atoms with van der Waals surface area (Å²) >= 11 is 1.69. The molecule has 3 nitrogen and oxygen atoms in total. The van der Waals surface area contributed by atoms with Crippen LogP contribution in [0.3, 0.4) is 0 Å². The minimum absolute atomic E-state index is 0.384. The molecule has 0 spiro atoms. The first-order chi connectivity index (χ1) is 9.01. The third-order valence-electron chi connectivity index (χ3n) is 3.00. The number of hydrogen-bond donors (Lipinski definition) is 1. The Balaban J connectivity index is 2.32. The van der Waals surface area contributed by atoms with Crippen LogP contribution in [0, 0.1) is 20.8 Å². The van der Waals surface area contributed by atoms with Crippen LogP contribution in [0.5, 0.6) is 5.75 Å². The number of phenols is 1. The first kappa shape index (κ1) is 13.7. The summed E-state index contributed by atoms with van der Waals surface area (Å²) in [5.74, 6) is 0.384. The Kier molecular flexibility index (Phi) is 4.00. The van der Waals surface area contributed by atoms with Gasteiger partial charge in [0.2, 0.25) is 0 Å². The first-order valence-electron chi connectivity index (χ1n) is 6.37. The summed E-state index contributed by atoms with van der Waals surface area (Å²) in [4.78, 5) is 0. The summed E-state index contributed by atoms with van der Waals surface area (Å²) in [5, 5.41) is 16.4. The Hall–Kier alpha value is -1.68. The maximum Gasteiger partial charge on any atom is 0.289 e. The molecule has 0 unspecified atom stereocenters. The van der Waals surface area contributed by atoms with Gasteiger partial charge in [-0.1, -0.05) is 4.68 Å². The molecule has 19 heavy (non-hydrogen) atoms. The van der Waals surface area contributed by atoms with Crippen LogP contribution in [0.1, 0.15) is 33.6 Å². The van der Waals surface area contributed by atoms with E-state index in [9.17, 15) is 5.11 Å². The van der Waals surface area contributed by atoms with Crippen LogP contribution in [-0.4, -0.2) is 10.2 Å². The molecular formula is C15H19N2OS+. The average Bonchev–Trinajstić information content (AvgIpc) is 2.73. The molecule has 1 N–H and O–H groups in total. The highest BCUT2D eigenvalue weighted by Crippen LogP contribution is 2.24. The van der Waals surface area contributed by atoms with E-state index in [0.717, 1.165) is 33.3 Å². The maximum atomic E-state index is 9.77. The number of nitrogens with zero attached hydrogens (tertiary/aromatic N) is 2. The van der Waals surface area contributed by atoms with Gasteiger partial charge in [0.05, 0.1) is 0 Å². The lowest BCUT2D eigenvalue weighted by Crippen LogP contribution is -2.36. The van der Waals surface area contributed by atoms with Gasteiger partial charge in [0, 0.05) is 11.2 Å². The Morgan fingerprint density at radius 2 is 1.84 bits per heavy atom. The monoisotopic (exact) mass is 275 g/mol. The molecule has 2 rings (SSSR count). The van der Waals surface area contributed by atoms with Gasteiger partial charge in [-0.2, -0.15) is 0 Å². The molecule has 0 saturated carbocycles. The molecule has 0 fully saturated rings. The van der Waals surface area contributed by atoms with E-state index in [1.807, 2.05) is 37.6 Å². The molecule has 0 atom stereocenters. The zero-order chi connectivity index (χ0) is 14.0. The number of aromatic hydroxyl groups is 1. The predicted molar refractivity (Wildman–Crippen MR) is 79.2 cm³/mol. The van der Waals surface area contributed by atoms with Gasteiger partial charge in [-0.25, -0.2) is 0 Å². The number of benzene rings is 1. The van der Waals surface area contributed by atoms with Crippen molar-refractivity contribution in [2.45, 2.75) is 34.2 Å². The number of aromatic nitrogens is 2. The minimum Gasteiger partial charge on any atom is -0.507 e. The van der Waals surface area contributed by atoms with Crippen molar-refractivity contribution >= 4 is 23.5 Å². The van der Waals surface area contributed by atoms with Crippen LogP contribution in [0.15, 0.2) is 12.1 Å². The van der Waals surface area contributed by atoms with Gasteiger partial charge < -0.3 is 5.11 Å². The molecule has 0 aliphatic carbocycles. The SMILES string of the molecule is CC[n+]1nc(C)sc1C=Cc1cc(C)c(O)c(C)c1. The van der Waals surface area contributed by atoms with Gasteiger partial charge in [0.25, 0.3) is 5.01 Å². The summed E-state index contributed by atoms with van der Waals surface area (Å²) in [6.45, 7) is 8.82. The van der Waals surface area contributed by atoms with Crippen molar-refractivity contribution < 1.29 is 9.79 Å². The number of phenolic OH excluding ortho intramolecular Hbond substituents is 1. The smallest absolute Gasteiger partial charge is 0.289 e. The van der Waals surface area contributed by atoms with Crippen LogP contribution in [0.4, 0.5) is 0 Å². The molecular weight excluding hydrogens is 256 g/mol. The fourth-order valence-corrected chi connectivity index (χ4v) is 2.90. The lowest BCUT2D eigenvalue weighted by Gasteiger charge is -2.04. The van der Waals surface area contributed by atoms with Crippen LogP contribution in [-0.2, 0) is 6.54 Å². The topological polar surface area (TPSA) is 37.0 Å². The number of aryl methyl sites for hydroxylation is 4. The Bertz CT molecular complexity index is 606. The summed E-state index contributed by atoms with van der Waals surface area (Å²) in [6, 6.07) is 3.98. The van der Waals surface area contributed by atoms with Crippen LogP contribution in [0.2, 0.25) is 0 Å². The van der Waals surface area contributed by atoms with Gasteiger partial charge in [-0.05, 0) is 73.9 Å². The molecule has 1 aromatic carbocycles. The van der Waals surface area contributed by atoms with Crippen LogP contribution in [0.25, 0.3) is 12.2 Å². The molecule has 100 valence electrons. The fourth-order valence-electron chi connectivity index (χ4n) is 2.04. The van der Waals surface area contributed by atoms with Gasteiger partial charge in [-0.15, -0.1) is 0 Å². The fraction of sp³-hybridized carbons (Fsp3) is 0.333. The van der Waals surface area contributed by atoms with Crippen molar-refractivity contribution in [3.8, 4) is 5.75 Å². The Labute approximate surface area is 117 Å². The Morgan fingerprint density at radius 3 is 2.42 bits per heavy atom. The van der Waals surface area contributed by atoms with Crippen molar-refractivity contribution in [2.24, 2.45) is 0 Å². The summed E-state index contributed by atoms with van der Waals surface area (Å²) in [5.41, 5.74) is 2.91. The molecule has 2 aromatic rings. The molecule has 1 heterocycles. The second kappa shape index (κ2) is 5.53. The van der Waals surface area contributed by atoms with E-state index in [4.69, 9.17) is 0 Å². The normalized spacial score (nSPS) is 11.4.